The molecule has 5 nitrogen and oxygen atoms in total. The maximum Gasteiger partial charge on any atom is 0.138 e. The second-order valence-corrected chi connectivity index (χ2v) is 7.30. The van der Waals surface area contributed by atoms with Crippen molar-refractivity contribution in [2.24, 2.45) is 0 Å². The number of nitrogens with zero attached hydrogens (tertiary/aromatic N) is 2. The molecule has 0 radical (unpaired) electrons. The van der Waals surface area contributed by atoms with E-state index in [-0.39, 0.29) is 0 Å². The average molecular weight is 380 g/mol. The maximum absolute atomic E-state index is 10.9. The third-order valence-corrected chi connectivity index (χ3v) is 5.63. The first kappa shape index (κ1) is 18.8. The number of anilines is 1. The van der Waals surface area contributed by atoms with Gasteiger partial charge in [0.25, 0.3) is 0 Å². The minimum Gasteiger partial charge on any atom is -0.497 e. The molecular formula is C23H28N2O3. The largest absolute Gasteiger partial charge is 0.497 e. The van der Waals surface area contributed by atoms with Gasteiger partial charge in [-0.1, -0.05) is 25.1 Å². The van der Waals surface area contributed by atoms with E-state index >= 15 is 0 Å². The van der Waals surface area contributed by atoms with E-state index in [1.165, 1.54) is 5.69 Å². The highest BCUT2D eigenvalue weighted by Crippen LogP contribution is 2.31. The maximum atomic E-state index is 10.9. The lowest BCUT2D eigenvalue weighted by Crippen LogP contribution is -2.47. The Morgan fingerprint density at radius 2 is 1.75 bits per heavy atom. The molecule has 1 aliphatic rings. The van der Waals surface area contributed by atoms with Gasteiger partial charge in [-0.3, -0.25) is 4.90 Å². The van der Waals surface area contributed by atoms with Crippen molar-refractivity contribution in [1.82, 2.24) is 4.90 Å². The van der Waals surface area contributed by atoms with E-state index in [1.807, 2.05) is 30.3 Å². The molecule has 0 aliphatic carbocycles. The molecule has 5 heteroatoms. The molecule has 0 bridgehead atoms. The van der Waals surface area contributed by atoms with Crippen molar-refractivity contribution in [2.45, 2.75) is 19.4 Å². The number of aliphatic hydroxyl groups excluding tert-OH is 1. The van der Waals surface area contributed by atoms with Gasteiger partial charge in [-0.15, -0.1) is 0 Å². The van der Waals surface area contributed by atoms with Crippen molar-refractivity contribution < 1.29 is 14.3 Å². The lowest BCUT2D eigenvalue weighted by molar-refractivity contribution is 0.0921. The Hall–Kier alpha value is -2.50. The Morgan fingerprint density at radius 1 is 1.04 bits per heavy atom. The van der Waals surface area contributed by atoms with E-state index in [1.54, 1.807) is 7.11 Å². The fraction of sp³-hybridized carbons (Fsp3) is 0.391. The third-order valence-electron chi connectivity index (χ3n) is 5.63. The predicted molar refractivity (Wildman–Crippen MR) is 112 cm³/mol. The molecule has 4 rings (SSSR count). The summed E-state index contributed by atoms with van der Waals surface area (Å²) in [5.74, 6) is 1.60. The van der Waals surface area contributed by atoms with Crippen molar-refractivity contribution in [2.75, 3.05) is 44.7 Å². The molecule has 1 unspecified atom stereocenters. The van der Waals surface area contributed by atoms with Crippen LogP contribution >= 0.6 is 0 Å². The van der Waals surface area contributed by atoms with E-state index in [2.05, 4.69) is 34.9 Å². The molecule has 28 heavy (non-hydrogen) atoms. The van der Waals surface area contributed by atoms with Gasteiger partial charge in [-0.2, -0.15) is 0 Å². The molecule has 0 spiro atoms. The molecule has 1 fully saturated rings. The van der Waals surface area contributed by atoms with E-state index < -0.39 is 6.10 Å². The van der Waals surface area contributed by atoms with E-state index in [0.717, 1.165) is 60.6 Å². The van der Waals surface area contributed by atoms with Crippen molar-refractivity contribution >= 4 is 16.7 Å². The van der Waals surface area contributed by atoms with Crippen molar-refractivity contribution in [1.29, 1.82) is 0 Å². The van der Waals surface area contributed by atoms with Gasteiger partial charge >= 0.3 is 0 Å². The van der Waals surface area contributed by atoms with Crippen LogP contribution in [0.15, 0.2) is 52.9 Å². The number of piperazine rings is 1. The van der Waals surface area contributed by atoms with Crippen LogP contribution in [0.25, 0.3) is 11.0 Å². The minimum atomic E-state index is -0.602. The monoisotopic (exact) mass is 380 g/mol. The second-order valence-electron chi connectivity index (χ2n) is 7.30. The summed E-state index contributed by atoms with van der Waals surface area (Å²) in [4.78, 5) is 4.69. The van der Waals surface area contributed by atoms with Crippen molar-refractivity contribution in [3.8, 4) is 5.75 Å². The van der Waals surface area contributed by atoms with Gasteiger partial charge in [0.15, 0.2) is 0 Å². The number of aryl methyl sites for hydroxylation is 1. The van der Waals surface area contributed by atoms with Crippen LogP contribution in [0.3, 0.4) is 0 Å². The molecule has 1 saturated heterocycles. The van der Waals surface area contributed by atoms with Crippen LogP contribution in [0.1, 0.15) is 24.4 Å². The second kappa shape index (κ2) is 8.25. The summed E-state index contributed by atoms with van der Waals surface area (Å²) < 4.78 is 11.2. The summed E-state index contributed by atoms with van der Waals surface area (Å²) in [6, 6.07) is 16.2. The number of hydrogen-bond acceptors (Lipinski definition) is 5. The highest BCUT2D eigenvalue weighted by molar-refractivity contribution is 5.82. The minimum absolute atomic E-state index is 0.600. The number of furan rings is 1. The first-order chi connectivity index (χ1) is 13.7. The van der Waals surface area contributed by atoms with Gasteiger partial charge in [-0.05, 0) is 36.8 Å². The number of benzene rings is 2. The Labute approximate surface area is 166 Å². The van der Waals surface area contributed by atoms with Crippen molar-refractivity contribution in [3.05, 3.63) is 59.9 Å². The number of ether oxygens (including phenoxy) is 1. The fourth-order valence-electron chi connectivity index (χ4n) is 4.06. The first-order valence-electron chi connectivity index (χ1n) is 9.99. The smallest absolute Gasteiger partial charge is 0.138 e. The molecular weight excluding hydrogens is 352 g/mol. The Kier molecular flexibility index (Phi) is 5.55. The molecule has 0 saturated carbocycles. The molecule has 2 heterocycles. The number of methoxy groups -OCH3 is 1. The summed E-state index contributed by atoms with van der Waals surface area (Å²) in [6.45, 7) is 6.44. The lowest BCUT2D eigenvalue weighted by atomic mass is 10.1. The molecule has 1 aliphatic heterocycles. The number of rotatable bonds is 6. The summed E-state index contributed by atoms with van der Waals surface area (Å²) in [7, 11) is 1.69. The summed E-state index contributed by atoms with van der Waals surface area (Å²) in [5, 5.41) is 12.0. The van der Waals surface area contributed by atoms with Crippen LogP contribution in [0, 0.1) is 0 Å². The van der Waals surface area contributed by atoms with Crippen LogP contribution in [-0.2, 0) is 6.42 Å². The van der Waals surface area contributed by atoms with Gasteiger partial charge in [0.2, 0.25) is 0 Å². The zero-order chi connectivity index (χ0) is 19.5. The Bertz CT molecular complexity index is 911. The molecule has 3 aromatic rings. The zero-order valence-electron chi connectivity index (χ0n) is 16.6. The number of hydrogen-bond donors (Lipinski definition) is 1. The molecule has 2 aromatic carbocycles. The van der Waals surface area contributed by atoms with Gasteiger partial charge in [0.05, 0.1) is 7.11 Å². The van der Waals surface area contributed by atoms with Crippen LogP contribution in [0.2, 0.25) is 0 Å². The summed E-state index contributed by atoms with van der Waals surface area (Å²) in [5.41, 5.74) is 3.20. The molecule has 1 N–H and O–H groups in total. The van der Waals surface area contributed by atoms with Gasteiger partial charge in [0.1, 0.15) is 23.2 Å². The quantitative estimate of drug-likeness (QED) is 0.704. The Balaban J connectivity index is 1.39. The Morgan fingerprint density at radius 3 is 2.43 bits per heavy atom. The van der Waals surface area contributed by atoms with Gasteiger partial charge in [0, 0.05) is 49.4 Å². The van der Waals surface area contributed by atoms with E-state index in [4.69, 9.17) is 9.15 Å². The molecule has 1 aromatic heterocycles. The fourth-order valence-corrected chi connectivity index (χ4v) is 4.06. The normalized spacial score (nSPS) is 16.5. The highest BCUT2D eigenvalue weighted by Gasteiger charge is 2.24. The lowest BCUT2D eigenvalue weighted by Gasteiger charge is -2.36. The zero-order valence-corrected chi connectivity index (χ0v) is 16.6. The highest BCUT2D eigenvalue weighted by atomic mass is 16.5. The number of fused-ring (bicyclic) bond motifs is 1. The molecule has 0 amide bonds. The van der Waals surface area contributed by atoms with Crippen molar-refractivity contribution in [3.63, 3.8) is 0 Å². The summed E-state index contributed by atoms with van der Waals surface area (Å²) in [6.07, 6.45) is 0.254. The average Bonchev–Trinajstić information content (AvgIpc) is 3.13. The van der Waals surface area contributed by atoms with Gasteiger partial charge < -0.3 is 19.2 Å². The molecule has 148 valence electrons. The van der Waals surface area contributed by atoms with Gasteiger partial charge in [-0.25, -0.2) is 0 Å². The first-order valence-corrected chi connectivity index (χ1v) is 9.99. The number of β-amino-alcohol motifs (C(OH)–C–C–N with tert-alkyl or cyclic N) is 1. The van der Waals surface area contributed by atoms with Crippen LogP contribution in [0.5, 0.6) is 5.75 Å². The molecule has 1 atom stereocenters. The topological polar surface area (TPSA) is 49.1 Å². The van der Waals surface area contributed by atoms with Crippen LogP contribution in [0.4, 0.5) is 5.69 Å². The number of aliphatic hydroxyl groups is 1. The number of para-hydroxylation sites is 1. The SMILES string of the molecule is CCc1c(C(O)CN2CCN(c3ccc(OC)cc3)CC2)oc2ccccc12. The third kappa shape index (κ3) is 3.73. The van der Waals surface area contributed by atoms with Crippen LogP contribution < -0.4 is 9.64 Å². The summed E-state index contributed by atoms with van der Waals surface area (Å²) >= 11 is 0. The van der Waals surface area contributed by atoms with Crippen LogP contribution in [-0.4, -0.2) is 49.8 Å². The van der Waals surface area contributed by atoms with E-state index in [0.29, 0.717) is 6.54 Å². The van der Waals surface area contributed by atoms with E-state index in [9.17, 15) is 5.11 Å². The standard InChI is InChI=1S/C23H28N2O3/c1-3-19-20-6-4-5-7-22(20)28-23(19)21(26)16-24-12-14-25(15-13-24)17-8-10-18(27-2)11-9-17/h4-11,21,26H,3,12-16H2,1-2H3. The predicted octanol–water partition coefficient (Wildman–Crippen LogP) is 3.86.